The molecule has 0 aliphatic carbocycles. The molecule has 1 unspecified atom stereocenters. The van der Waals surface area contributed by atoms with Crippen LogP contribution in [0.4, 0.5) is 6.01 Å². The van der Waals surface area contributed by atoms with Crippen LogP contribution in [0, 0.1) is 0 Å². The summed E-state index contributed by atoms with van der Waals surface area (Å²) in [4.78, 5) is 2.13. The Balaban J connectivity index is 1.85. The van der Waals surface area contributed by atoms with Gasteiger partial charge in [-0.05, 0) is 30.9 Å². The first kappa shape index (κ1) is 12.2. The van der Waals surface area contributed by atoms with Crippen LogP contribution in [-0.4, -0.2) is 16.7 Å². The van der Waals surface area contributed by atoms with E-state index in [1.807, 2.05) is 6.92 Å². The van der Waals surface area contributed by atoms with Gasteiger partial charge in [-0.15, -0.1) is 5.10 Å². The first-order valence-corrected chi connectivity index (χ1v) is 6.65. The predicted octanol–water partition coefficient (Wildman–Crippen LogP) is 2.04. The van der Waals surface area contributed by atoms with Gasteiger partial charge in [0.15, 0.2) is 0 Å². The predicted molar refractivity (Wildman–Crippen MR) is 72.7 cm³/mol. The summed E-state index contributed by atoms with van der Waals surface area (Å²) >= 11 is 0. The van der Waals surface area contributed by atoms with E-state index < -0.39 is 0 Å². The molecular formula is C14H18N4O. The van der Waals surface area contributed by atoms with Crippen molar-refractivity contribution in [2.75, 3.05) is 11.4 Å². The summed E-state index contributed by atoms with van der Waals surface area (Å²) in [5, 5.41) is 8.10. The number of aromatic nitrogens is 2. The fourth-order valence-electron chi connectivity index (χ4n) is 2.40. The molecule has 0 saturated carbocycles. The van der Waals surface area contributed by atoms with E-state index in [0.29, 0.717) is 11.9 Å². The number of hydrogen-bond acceptors (Lipinski definition) is 5. The normalized spacial score (nSPS) is 16.8. The van der Waals surface area contributed by atoms with Gasteiger partial charge in [-0.25, -0.2) is 0 Å². The first-order chi connectivity index (χ1) is 9.24. The highest BCUT2D eigenvalue weighted by atomic mass is 16.4. The molecule has 3 rings (SSSR count). The summed E-state index contributed by atoms with van der Waals surface area (Å²) in [6.07, 6.45) is 2.19. The Morgan fingerprint density at radius 2 is 2.05 bits per heavy atom. The molecule has 0 saturated heterocycles. The molecule has 0 fully saturated rings. The summed E-state index contributed by atoms with van der Waals surface area (Å²) < 4.78 is 5.63. The molecule has 1 atom stereocenters. The Morgan fingerprint density at radius 1 is 1.26 bits per heavy atom. The highest BCUT2D eigenvalue weighted by Crippen LogP contribution is 2.23. The molecule has 1 aliphatic heterocycles. The molecule has 0 amide bonds. The summed E-state index contributed by atoms with van der Waals surface area (Å²) in [7, 11) is 0. The van der Waals surface area contributed by atoms with Gasteiger partial charge in [0.05, 0.1) is 6.04 Å². The second-order valence-electron chi connectivity index (χ2n) is 5.01. The fourth-order valence-corrected chi connectivity index (χ4v) is 2.40. The van der Waals surface area contributed by atoms with Crippen molar-refractivity contribution in [2.45, 2.75) is 32.4 Å². The zero-order valence-corrected chi connectivity index (χ0v) is 11.0. The number of aryl methyl sites for hydroxylation is 1. The highest BCUT2D eigenvalue weighted by Gasteiger charge is 2.19. The number of benzene rings is 1. The van der Waals surface area contributed by atoms with Crippen LogP contribution in [-0.2, 0) is 13.0 Å². The quantitative estimate of drug-likeness (QED) is 0.892. The van der Waals surface area contributed by atoms with Gasteiger partial charge < -0.3 is 15.1 Å². The lowest BCUT2D eigenvalue weighted by Gasteiger charge is -2.17. The maximum Gasteiger partial charge on any atom is 0.318 e. The molecule has 100 valence electrons. The van der Waals surface area contributed by atoms with Crippen molar-refractivity contribution in [2.24, 2.45) is 5.73 Å². The summed E-state index contributed by atoms with van der Waals surface area (Å²) in [6.45, 7) is 3.58. The smallest absolute Gasteiger partial charge is 0.318 e. The lowest BCUT2D eigenvalue weighted by molar-refractivity contribution is 0.455. The molecule has 5 nitrogen and oxygen atoms in total. The van der Waals surface area contributed by atoms with E-state index in [1.165, 1.54) is 11.1 Å². The van der Waals surface area contributed by atoms with Crippen molar-refractivity contribution in [1.82, 2.24) is 10.2 Å². The van der Waals surface area contributed by atoms with Crippen LogP contribution in [0.3, 0.4) is 0 Å². The van der Waals surface area contributed by atoms with Crippen LogP contribution in [0.25, 0.3) is 0 Å². The number of hydrogen-bond donors (Lipinski definition) is 1. The van der Waals surface area contributed by atoms with Gasteiger partial charge in [-0.1, -0.05) is 29.4 Å². The van der Waals surface area contributed by atoms with Crippen LogP contribution in [0.2, 0.25) is 0 Å². The zero-order valence-electron chi connectivity index (χ0n) is 11.0. The van der Waals surface area contributed by atoms with Crippen molar-refractivity contribution >= 4 is 6.01 Å². The van der Waals surface area contributed by atoms with E-state index in [4.69, 9.17) is 10.2 Å². The van der Waals surface area contributed by atoms with E-state index in [2.05, 4.69) is 39.4 Å². The van der Waals surface area contributed by atoms with Gasteiger partial charge in [0.2, 0.25) is 5.89 Å². The van der Waals surface area contributed by atoms with Crippen molar-refractivity contribution in [1.29, 1.82) is 0 Å². The Bertz CT molecular complexity index is 564. The number of anilines is 1. The average Bonchev–Trinajstić information content (AvgIpc) is 2.80. The fraction of sp³-hybridized carbons (Fsp3) is 0.429. The minimum absolute atomic E-state index is 0.222. The molecule has 2 N–H and O–H groups in total. The van der Waals surface area contributed by atoms with E-state index in [1.54, 1.807) is 0 Å². The monoisotopic (exact) mass is 258 g/mol. The number of nitrogens with two attached hydrogens (primary N) is 1. The molecule has 1 aromatic heterocycles. The second kappa shape index (κ2) is 5.01. The second-order valence-corrected chi connectivity index (χ2v) is 5.01. The Hall–Kier alpha value is -1.88. The standard InChI is InChI=1S/C14H18N4O/c1-10(15)13-16-17-14(19-13)18-8-4-7-11-5-2-3-6-12(11)9-18/h2-3,5-6,10H,4,7-9,15H2,1H3. The third-order valence-electron chi connectivity index (χ3n) is 3.44. The van der Waals surface area contributed by atoms with Crippen molar-refractivity contribution in [3.8, 4) is 0 Å². The van der Waals surface area contributed by atoms with E-state index in [-0.39, 0.29) is 6.04 Å². The van der Waals surface area contributed by atoms with Gasteiger partial charge in [0.1, 0.15) is 0 Å². The third-order valence-corrected chi connectivity index (χ3v) is 3.44. The van der Waals surface area contributed by atoms with Crippen molar-refractivity contribution in [3.63, 3.8) is 0 Å². The van der Waals surface area contributed by atoms with Crippen LogP contribution in [0.5, 0.6) is 0 Å². The molecule has 1 aliphatic rings. The van der Waals surface area contributed by atoms with Gasteiger partial charge >= 0.3 is 6.01 Å². The van der Waals surface area contributed by atoms with Crippen LogP contribution >= 0.6 is 0 Å². The SMILES string of the molecule is CC(N)c1nnc(N2CCCc3ccccc3C2)o1. The maximum atomic E-state index is 5.75. The van der Waals surface area contributed by atoms with Gasteiger partial charge in [0, 0.05) is 13.1 Å². The van der Waals surface area contributed by atoms with Crippen molar-refractivity contribution in [3.05, 3.63) is 41.3 Å². The molecule has 0 bridgehead atoms. The van der Waals surface area contributed by atoms with Crippen molar-refractivity contribution < 1.29 is 4.42 Å². The minimum Gasteiger partial charge on any atom is -0.406 e. The number of fused-ring (bicyclic) bond motifs is 1. The minimum atomic E-state index is -0.222. The molecule has 2 aromatic rings. The topological polar surface area (TPSA) is 68.2 Å². The lowest BCUT2D eigenvalue weighted by Crippen LogP contribution is -2.22. The first-order valence-electron chi connectivity index (χ1n) is 6.65. The summed E-state index contributed by atoms with van der Waals surface area (Å²) in [5.41, 5.74) is 8.50. The molecule has 0 spiro atoms. The van der Waals surface area contributed by atoms with E-state index in [9.17, 15) is 0 Å². The Labute approximate surface area is 112 Å². The van der Waals surface area contributed by atoms with Gasteiger partial charge in [-0.2, -0.15) is 0 Å². The third kappa shape index (κ3) is 2.46. The summed E-state index contributed by atoms with van der Waals surface area (Å²) in [6, 6.07) is 8.87. The molecule has 5 heteroatoms. The zero-order chi connectivity index (χ0) is 13.2. The molecule has 0 radical (unpaired) electrons. The van der Waals surface area contributed by atoms with Crippen LogP contribution < -0.4 is 10.6 Å². The largest absolute Gasteiger partial charge is 0.406 e. The van der Waals surface area contributed by atoms with Crippen LogP contribution in [0.1, 0.15) is 36.4 Å². The van der Waals surface area contributed by atoms with Gasteiger partial charge in [-0.3, -0.25) is 0 Å². The maximum absolute atomic E-state index is 5.75. The van der Waals surface area contributed by atoms with Crippen LogP contribution in [0.15, 0.2) is 28.7 Å². The van der Waals surface area contributed by atoms with Gasteiger partial charge in [0.25, 0.3) is 0 Å². The molecule has 2 heterocycles. The number of nitrogens with zero attached hydrogens (tertiary/aromatic N) is 3. The molecular weight excluding hydrogens is 240 g/mol. The van der Waals surface area contributed by atoms with E-state index in [0.717, 1.165) is 25.9 Å². The molecule has 1 aromatic carbocycles. The lowest BCUT2D eigenvalue weighted by atomic mass is 10.0. The average molecular weight is 258 g/mol. The van der Waals surface area contributed by atoms with E-state index >= 15 is 0 Å². The Morgan fingerprint density at radius 3 is 2.79 bits per heavy atom. The Kier molecular flexibility index (Phi) is 3.21. The highest BCUT2D eigenvalue weighted by molar-refractivity contribution is 5.35. The number of rotatable bonds is 2. The molecule has 19 heavy (non-hydrogen) atoms. The summed E-state index contributed by atoms with van der Waals surface area (Å²) in [5.74, 6) is 0.493.